The number of benzene rings is 1. The Labute approximate surface area is 99.7 Å². The van der Waals surface area contributed by atoms with Gasteiger partial charge < -0.3 is 9.15 Å². The van der Waals surface area contributed by atoms with Gasteiger partial charge in [0.15, 0.2) is 23.6 Å². The van der Waals surface area contributed by atoms with E-state index >= 15 is 0 Å². The van der Waals surface area contributed by atoms with Crippen molar-refractivity contribution in [2.24, 2.45) is 0 Å². The Balaban J connectivity index is 2.24. The summed E-state index contributed by atoms with van der Waals surface area (Å²) in [6.07, 6.45) is 0.471. The highest BCUT2D eigenvalue weighted by atomic mass is 19.1. The van der Waals surface area contributed by atoms with Crippen molar-refractivity contribution in [3.63, 3.8) is 0 Å². The van der Waals surface area contributed by atoms with Crippen LogP contribution in [0.15, 0.2) is 34.7 Å². The molecule has 18 heavy (non-hydrogen) atoms. The van der Waals surface area contributed by atoms with E-state index in [4.69, 9.17) is 9.15 Å². The minimum absolute atomic E-state index is 0.0346. The summed E-state index contributed by atoms with van der Waals surface area (Å²) in [5.41, 5.74) is -0.382. The van der Waals surface area contributed by atoms with Gasteiger partial charge in [-0.15, -0.1) is 0 Å². The maximum Gasteiger partial charge on any atom is 0.290 e. The third kappa shape index (κ3) is 2.34. The number of ether oxygens (including phenoxy) is 1. The summed E-state index contributed by atoms with van der Waals surface area (Å²) in [5, 5.41) is 10.4. The Morgan fingerprint density at radius 3 is 2.67 bits per heavy atom. The molecule has 0 amide bonds. The Morgan fingerprint density at radius 1 is 1.33 bits per heavy atom. The number of non-ortho nitro benzene ring substituents is 1. The number of halogens is 1. The number of carbonyl (C=O) groups excluding carboxylic acids is 1. The fraction of sp³-hybridized carbons (Fsp3) is 0. The average molecular weight is 251 g/mol. The molecule has 0 saturated heterocycles. The van der Waals surface area contributed by atoms with Crippen LogP contribution in [-0.4, -0.2) is 11.2 Å². The number of hydrogen-bond donors (Lipinski definition) is 0. The smallest absolute Gasteiger partial charge is 0.290 e. The number of carbonyl (C=O) groups is 1. The molecule has 0 atom stereocenters. The van der Waals surface area contributed by atoms with Crippen molar-refractivity contribution in [3.05, 3.63) is 52.0 Å². The van der Waals surface area contributed by atoms with E-state index in [2.05, 4.69) is 0 Å². The summed E-state index contributed by atoms with van der Waals surface area (Å²) in [7, 11) is 0. The van der Waals surface area contributed by atoms with Crippen LogP contribution >= 0.6 is 0 Å². The lowest BCUT2D eigenvalue weighted by Gasteiger charge is -2.02. The van der Waals surface area contributed by atoms with Gasteiger partial charge in [-0.25, -0.2) is 4.39 Å². The van der Waals surface area contributed by atoms with Crippen LogP contribution in [0.2, 0.25) is 0 Å². The maximum atomic E-state index is 13.4. The monoisotopic (exact) mass is 251 g/mol. The lowest BCUT2D eigenvalue weighted by atomic mass is 10.3. The summed E-state index contributed by atoms with van der Waals surface area (Å²) in [6.45, 7) is 0. The van der Waals surface area contributed by atoms with Crippen molar-refractivity contribution >= 4 is 12.0 Å². The predicted molar refractivity (Wildman–Crippen MR) is 57.2 cm³/mol. The fourth-order valence-electron chi connectivity index (χ4n) is 1.25. The summed E-state index contributed by atoms with van der Waals surface area (Å²) >= 11 is 0. The topological polar surface area (TPSA) is 82.6 Å². The van der Waals surface area contributed by atoms with E-state index in [1.54, 1.807) is 0 Å². The molecule has 0 saturated carbocycles. The third-order valence-corrected chi connectivity index (χ3v) is 2.06. The molecule has 1 aromatic carbocycles. The molecular weight excluding hydrogens is 245 g/mol. The Morgan fingerprint density at radius 2 is 2.11 bits per heavy atom. The van der Waals surface area contributed by atoms with E-state index in [1.807, 2.05) is 0 Å². The van der Waals surface area contributed by atoms with Crippen LogP contribution in [0.25, 0.3) is 0 Å². The zero-order chi connectivity index (χ0) is 13.1. The SMILES string of the molecule is O=Cc1ccc(Oc2ccc([N+](=O)[O-])cc2F)o1. The summed E-state index contributed by atoms with van der Waals surface area (Å²) in [6, 6.07) is 5.63. The molecule has 92 valence electrons. The third-order valence-electron chi connectivity index (χ3n) is 2.06. The molecule has 0 aliphatic heterocycles. The number of aldehydes is 1. The quantitative estimate of drug-likeness (QED) is 0.474. The second kappa shape index (κ2) is 4.66. The largest absolute Gasteiger partial charge is 0.423 e. The summed E-state index contributed by atoms with van der Waals surface area (Å²) < 4.78 is 23.3. The molecule has 7 heteroatoms. The van der Waals surface area contributed by atoms with Gasteiger partial charge in [-0.3, -0.25) is 14.9 Å². The molecule has 0 unspecified atom stereocenters. The Kier molecular flexibility index (Phi) is 3.05. The molecule has 0 aliphatic rings. The number of rotatable bonds is 4. The van der Waals surface area contributed by atoms with E-state index in [0.29, 0.717) is 6.29 Å². The van der Waals surface area contributed by atoms with Crippen molar-refractivity contribution in [2.45, 2.75) is 0 Å². The molecule has 0 fully saturated rings. The summed E-state index contributed by atoms with van der Waals surface area (Å²) in [5.74, 6) is -1.17. The van der Waals surface area contributed by atoms with E-state index in [0.717, 1.165) is 18.2 Å². The first-order valence-corrected chi connectivity index (χ1v) is 4.77. The predicted octanol–water partition coefficient (Wildman–Crippen LogP) is 2.93. The Hall–Kier alpha value is -2.70. The first-order chi connectivity index (χ1) is 8.60. The van der Waals surface area contributed by atoms with E-state index < -0.39 is 10.7 Å². The van der Waals surface area contributed by atoms with Gasteiger partial charge in [-0.1, -0.05) is 0 Å². The van der Waals surface area contributed by atoms with Gasteiger partial charge in [0.2, 0.25) is 0 Å². The normalized spacial score (nSPS) is 10.1. The minimum atomic E-state index is -0.895. The average Bonchev–Trinajstić information content (AvgIpc) is 2.79. The van der Waals surface area contributed by atoms with E-state index in [9.17, 15) is 19.3 Å². The minimum Gasteiger partial charge on any atom is -0.423 e. The first-order valence-electron chi connectivity index (χ1n) is 4.77. The second-order valence-electron chi connectivity index (χ2n) is 3.25. The van der Waals surface area contributed by atoms with Crippen LogP contribution in [0.1, 0.15) is 10.6 Å². The zero-order valence-corrected chi connectivity index (χ0v) is 8.83. The molecule has 0 aliphatic carbocycles. The van der Waals surface area contributed by atoms with Crippen LogP contribution in [0.3, 0.4) is 0 Å². The van der Waals surface area contributed by atoms with Crippen molar-refractivity contribution in [2.75, 3.05) is 0 Å². The van der Waals surface area contributed by atoms with Crippen LogP contribution in [-0.2, 0) is 0 Å². The Bertz CT molecular complexity index is 607. The molecule has 0 bridgehead atoms. The van der Waals surface area contributed by atoms with Crippen molar-refractivity contribution < 1.29 is 23.3 Å². The fourth-order valence-corrected chi connectivity index (χ4v) is 1.25. The molecule has 1 heterocycles. The number of nitro benzene ring substituents is 1. The number of furan rings is 1. The summed E-state index contributed by atoms with van der Waals surface area (Å²) in [4.78, 5) is 20.0. The highest BCUT2D eigenvalue weighted by Gasteiger charge is 2.13. The molecule has 0 spiro atoms. The molecule has 1 aromatic heterocycles. The lowest BCUT2D eigenvalue weighted by Crippen LogP contribution is -1.91. The molecule has 0 radical (unpaired) electrons. The zero-order valence-electron chi connectivity index (χ0n) is 8.83. The number of hydrogen-bond acceptors (Lipinski definition) is 5. The maximum absolute atomic E-state index is 13.4. The van der Waals surface area contributed by atoms with Gasteiger partial charge in [0.05, 0.1) is 11.0 Å². The second-order valence-corrected chi connectivity index (χ2v) is 3.25. The van der Waals surface area contributed by atoms with E-state index in [1.165, 1.54) is 12.1 Å². The van der Waals surface area contributed by atoms with Gasteiger partial charge in [0, 0.05) is 12.1 Å². The number of nitrogens with zero attached hydrogens (tertiary/aromatic N) is 1. The lowest BCUT2D eigenvalue weighted by molar-refractivity contribution is -0.385. The van der Waals surface area contributed by atoms with Gasteiger partial charge >= 0.3 is 0 Å². The van der Waals surface area contributed by atoms with Gasteiger partial charge in [-0.05, 0) is 12.1 Å². The van der Waals surface area contributed by atoms with Crippen LogP contribution in [0, 0.1) is 15.9 Å². The van der Waals surface area contributed by atoms with Gasteiger partial charge in [-0.2, -0.15) is 0 Å². The van der Waals surface area contributed by atoms with Gasteiger partial charge in [0.25, 0.3) is 11.6 Å². The van der Waals surface area contributed by atoms with Crippen molar-refractivity contribution in [1.29, 1.82) is 0 Å². The van der Waals surface area contributed by atoms with E-state index in [-0.39, 0.29) is 23.1 Å². The van der Waals surface area contributed by atoms with Gasteiger partial charge in [0.1, 0.15) is 0 Å². The molecule has 2 aromatic rings. The number of nitro groups is 1. The standard InChI is InChI=1S/C11H6FNO5/c12-9-5-7(13(15)16)1-3-10(9)18-11-4-2-8(6-14)17-11/h1-6H. The van der Waals surface area contributed by atoms with Crippen LogP contribution in [0.4, 0.5) is 10.1 Å². The molecule has 6 nitrogen and oxygen atoms in total. The van der Waals surface area contributed by atoms with Crippen molar-refractivity contribution in [3.8, 4) is 11.7 Å². The molecule has 2 rings (SSSR count). The first kappa shape index (κ1) is 11.8. The van der Waals surface area contributed by atoms with Crippen molar-refractivity contribution in [1.82, 2.24) is 0 Å². The highest BCUT2D eigenvalue weighted by Crippen LogP contribution is 2.28. The van der Waals surface area contributed by atoms with Crippen LogP contribution < -0.4 is 4.74 Å². The highest BCUT2D eigenvalue weighted by molar-refractivity contribution is 5.70. The molecule has 0 N–H and O–H groups in total. The molecular formula is C11H6FNO5. The van der Waals surface area contributed by atoms with Crippen LogP contribution in [0.5, 0.6) is 11.7 Å².